The Morgan fingerprint density at radius 2 is 2.31 bits per heavy atom. The summed E-state index contributed by atoms with van der Waals surface area (Å²) in [4.78, 5) is 0. The number of nitrogen functional groups attached to an aromatic ring is 1. The van der Waals surface area contributed by atoms with E-state index in [0.717, 1.165) is 12.1 Å². The van der Waals surface area contributed by atoms with Gasteiger partial charge in [0.2, 0.25) is 0 Å². The lowest BCUT2D eigenvalue weighted by atomic mass is 9.63. The number of hydrogen-bond acceptors (Lipinski definition) is 2. The Labute approximate surface area is 79.2 Å². The summed E-state index contributed by atoms with van der Waals surface area (Å²) in [5.41, 5.74) is 9.22. The first-order valence-corrected chi connectivity index (χ1v) is 4.77. The molecule has 1 heterocycles. The maximum atomic E-state index is 5.90. The van der Waals surface area contributed by atoms with Crippen LogP contribution in [0.25, 0.3) is 0 Å². The van der Waals surface area contributed by atoms with Crippen molar-refractivity contribution in [3.8, 4) is 0 Å². The third-order valence-corrected chi connectivity index (χ3v) is 2.67. The zero-order chi connectivity index (χ0) is 9.42. The molecule has 2 N–H and O–H groups in total. The third-order valence-electron chi connectivity index (χ3n) is 2.67. The quantitative estimate of drug-likeness (QED) is 0.519. The van der Waals surface area contributed by atoms with Crippen molar-refractivity contribution in [3.05, 3.63) is 23.8 Å². The van der Waals surface area contributed by atoms with Crippen LogP contribution in [0.1, 0.15) is 25.0 Å². The highest BCUT2D eigenvalue weighted by Crippen LogP contribution is 2.28. The highest BCUT2D eigenvalue weighted by Gasteiger charge is 2.31. The van der Waals surface area contributed by atoms with Crippen LogP contribution in [0.2, 0.25) is 6.82 Å². The van der Waals surface area contributed by atoms with E-state index in [-0.39, 0.29) is 13.0 Å². The minimum atomic E-state index is 0.154. The molecule has 3 heteroatoms. The molecule has 0 bridgehead atoms. The Morgan fingerprint density at radius 3 is 3.00 bits per heavy atom. The summed E-state index contributed by atoms with van der Waals surface area (Å²) in [7, 11) is 0. The minimum Gasteiger partial charge on any atom is -0.424 e. The summed E-state index contributed by atoms with van der Waals surface area (Å²) in [5, 5.41) is 0. The second-order valence-corrected chi connectivity index (χ2v) is 3.53. The van der Waals surface area contributed by atoms with Crippen molar-refractivity contribution in [2.45, 2.75) is 26.3 Å². The normalized spacial score (nSPS) is 20.5. The summed E-state index contributed by atoms with van der Waals surface area (Å²) in [6.45, 7) is 4.35. The highest BCUT2D eigenvalue weighted by molar-refractivity contribution is 6.69. The van der Waals surface area contributed by atoms with Crippen molar-refractivity contribution in [2.24, 2.45) is 0 Å². The van der Waals surface area contributed by atoms with E-state index in [1.54, 1.807) is 0 Å². The van der Waals surface area contributed by atoms with Gasteiger partial charge in [-0.2, -0.15) is 0 Å². The Kier molecular flexibility index (Phi) is 2.04. The molecule has 0 radical (unpaired) electrons. The maximum Gasteiger partial charge on any atom is 0.326 e. The minimum absolute atomic E-state index is 0.154. The molecule has 68 valence electrons. The smallest absolute Gasteiger partial charge is 0.326 e. The van der Waals surface area contributed by atoms with Gasteiger partial charge >= 0.3 is 6.92 Å². The maximum absolute atomic E-state index is 5.90. The molecule has 1 aliphatic rings. The molecule has 0 amide bonds. The Hall–Kier alpha value is -0.955. The molecule has 0 saturated carbocycles. The van der Waals surface area contributed by atoms with Gasteiger partial charge in [0, 0.05) is 5.69 Å². The van der Waals surface area contributed by atoms with E-state index in [9.17, 15) is 0 Å². The predicted molar refractivity (Wildman–Crippen MR) is 56.2 cm³/mol. The molecule has 2 nitrogen and oxygen atoms in total. The molecule has 1 aromatic carbocycles. The standard InChI is InChI=1S/C10H14BNO/c1-3-9-7-5-4-6-8(12)10(7)11(2)13-9/h4-6,9H,3,12H2,1-2H3/t9-/m1/s1. The van der Waals surface area contributed by atoms with Crippen molar-refractivity contribution in [1.29, 1.82) is 0 Å². The number of anilines is 1. The lowest BCUT2D eigenvalue weighted by Gasteiger charge is -2.08. The molecule has 1 aromatic rings. The van der Waals surface area contributed by atoms with Gasteiger partial charge in [0.25, 0.3) is 0 Å². The van der Waals surface area contributed by atoms with Crippen molar-refractivity contribution < 1.29 is 4.65 Å². The monoisotopic (exact) mass is 175 g/mol. The average molecular weight is 175 g/mol. The summed E-state index contributed by atoms with van der Waals surface area (Å²) < 4.78 is 5.78. The Bertz CT molecular complexity index is 327. The van der Waals surface area contributed by atoms with Crippen molar-refractivity contribution in [3.63, 3.8) is 0 Å². The van der Waals surface area contributed by atoms with E-state index in [2.05, 4.69) is 19.8 Å². The van der Waals surface area contributed by atoms with Crippen molar-refractivity contribution in [2.75, 3.05) is 5.73 Å². The topological polar surface area (TPSA) is 35.2 Å². The second kappa shape index (κ2) is 3.07. The van der Waals surface area contributed by atoms with Crippen LogP contribution in [0.4, 0.5) is 5.69 Å². The van der Waals surface area contributed by atoms with Gasteiger partial charge in [0.05, 0.1) is 6.10 Å². The second-order valence-electron chi connectivity index (χ2n) is 3.53. The predicted octanol–water partition coefficient (Wildman–Crippen LogP) is 1.58. The SMILES string of the molecule is CC[C@H]1OB(C)c2c(N)cccc21. The number of nitrogens with two attached hydrogens (primary N) is 1. The van der Waals surface area contributed by atoms with E-state index in [1.165, 1.54) is 11.0 Å². The Morgan fingerprint density at radius 1 is 1.54 bits per heavy atom. The zero-order valence-electron chi connectivity index (χ0n) is 8.08. The first-order chi connectivity index (χ1) is 6.24. The van der Waals surface area contributed by atoms with Gasteiger partial charge in [-0.25, -0.2) is 0 Å². The van der Waals surface area contributed by atoms with Crippen molar-refractivity contribution in [1.82, 2.24) is 0 Å². The van der Waals surface area contributed by atoms with E-state index in [1.807, 2.05) is 12.1 Å². The van der Waals surface area contributed by atoms with Gasteiger partial charge in [-0.1, -0.05) is 25.9 Å². The number of fused-ring (bicyclic) bond motifs is 1. The fourth-order valence-corrected chi connectivity index (χ4v) is 2.06. The van der Waals surface area contributed by atoms with Gasteiger partial charge in [-0.3, -0.25) is 0 Å². The van der Waals surface area contributed by atoms with Crippen LogP contribution >= 0.6 is 0 Å². The Balaban J connectivity index is 2.51. The number of rotatable bonds is 1. The van der Waals surface area contributed by atoms with E-state index in [4.69, 9.17) is 10.4 Å². The highest BCUT2D eigenvalue weighted by atomic mass is 16.5. The van der Waals surface area contributed by atoms with Crippen LogP contribution in [0.3, 0.4) is 0 Å². The number of benzene rings is 1. The van der Waals surface area contributed by atoms with Crippen LogP contribution < -0.4 is 11.2 Å². The molecule has 0 spiro atoms. The van der Waals surface area contributed by atoms with Crippen LogP contribution in [-0.2, 0) is 4.65 Å². The molecular formula is C10H14BNO. The molecule has 2 rings (SSSR count). The van der Waals surface area contributed by atoms with Gasteiger partial charge in [-0.15, -0.1) is 0 Å². The summed E-state index contributed by atoms with van der Waals surface area (Å²) in [6, 6.07) is 6.05. The largest absolute Gasteiger partial charge is 0.424 e. The molecule has 0 aliphatic carbocycles. The molecule has 1 atom stereocenters. The van der Waals surface area contributed by atoms with Crippen LogP contribution in [0, 0.1) is 0 Å². The van der Waals surface area contributed by atoms with E-state index < -0.39 is 0 Å². The van der Waals surface area contributed by atoms with Gasteiger partial charge in [-0.05, 0) is 23.5 Å². The van der Waals surface area contributed by atoms with Gasteiger partial charge in [0.15, 0.2) is 0 Å². The van der Waals surface area contributed by atoms with E-state index in [0.29, 0.717) is 0 Å². The first-order valence-electron chi connectivity index (χ1n) is 4.77. The van der Waals surface area contributed by atoms with Crippen molar-refractivity contribution >= 4 is 18.1 Å². The molecule has 13 heavy (non-hydrogen) atoms. The fourth-order valence-electron chi connectivity index (χ4n) is 2.06. The lowest BCUT2D eigenvalue weighted by Crippen LogP contribution is -2.27. The lowest BCUT2D eigenvalue weighted by molar-refractivity contribution is 0.221. The summed E-state index contributed by atoms with van der Waals surface area (Å²) >= 11 is 0. The van der Waals surface area contributed by atoms with Gasteiger partial charge < -0.3 is 10.4 Å². The number of hydrogen-bond donors (Lipinski definition) is 1. The summed E-state index contributed by atoms with van der Waals surface area (Å²) in [6.07, 6.45) is 1.26. The molecule has 0 saturated heterocycles. The molecule has 0 fully saturated rings. The third kappa shape index (κ3) is 1.24. The molecule has 0 aromatic heterocycles. The van der Waals surface area contributed by atoms with Crippen LogP contribution in [0.5, 0.6) is 0 Å². The molecule has 1 aliphatic heterocycles. The first kappa shape index (κ1) is 8.63. The zero-order valence-corrected chi connectivity index (χ0v) is 8.08. The van der Waals surface area contributed by atoms with Crippen LogP contribution in [-0.4, -0.2) is 6.92 Å². The van der Waals surface area contributed by atoms with Crippen LogP contribution in [0.15, 0.2) is 18.2 Å². The fraction of sp³-hybridized carbons (Fsp3) is 0.400. The average Bonchev–Trinajstić information content (AvgIpc) is 2.44. The van der Waals surface area contributed by atoms with E-state index >= 15 is 0 Å². The molecular weight excluding hydrogens is 161 g/mol. The summed E-state index contributed by atoms with van der Waals surface area (Å²) in [5.74, 6) is 0. The van der Waals surface area contributed by atoms with Gasteiger partial charge in [0.1, 0.15) is 0 Å². The molecule has 0 unspecified atom stereocenters.